The Kier molecular flexibility index (Phi) is 10.1. The first-order valence-electron chi connectivity index (χ1n) is 11.0. The smallest absolute Gasteiger partial charge is 0.428 e. The van der Waals surface area contributed by atoms with Crippen LogP contribution in [0.2, 0.25) is 0 Å². The van der Waals surface area contributed by atoms with Crippen molar-refractivity contribution in [3.05, 3.63) is 69.5 Å². The topological polar surface area (TPSA) is 111 Å². The van der Waals surface area contributed by atoms with Gasteiger partial charge in [-0.05, 0) is 71.1 Å². The Bertz CT molecular complexity index is 1460. The Morgan fingerprint density at radius 1 is 0.628 bits per heavy atom. The van der Waals surface area contributed by atoms with Gasteiger partial charge >= 0.3 is 24.8 Å². The lowest BCUT2D eigenvalue weighted by Crippen LogP contribution is -2.41. The molecule has 0 aromatic heterocycles. The number of carbonyl (C=O) groups is 4. The van der Waals surface area contributed by atoms with Crippen LogP contribution in [0.3, 0.4) is 0 Å². The summed E-state index contributed by atoms with van der Waals surface area (Å²) in [6, 6.07) is 8.83. The molecule has 2 N–H and O–H groups in total. The predicted molar refractivity (Wildman–Crippen MR) is 134 cm³/mol. The van der Waals surface area contributed by atoms with E-state index in [0.29, 0.717) is 34.7 Å². The monoisotopic (exact) mass is 660 g/mol. The second-order valence-electron chi connectivity index (χ2n) is 7.92. The first-order valence-corrected chi connectivity index (χ1v) is 12.7. The third kappa shape index (κ3) is 9.18. The highest BCUT2D eigenvalue weighted by molar-refractivity contribution is 8.18. The SMILES string of the molecule is O=C1NC(=O)C(=Cc2ccc(OC(F)(F)C(F)(F)F)cc2)S1.O=C1NC(=O)C(=Cc2ccc(OC(F)(F)C(F)F)cc2)S1. The van der Waals surface area contributed by atoms with Gasteiger partial charge in [0.05, 0.1) is 9.81 Å². The van der Waals surface area contributed by atoms with Crippen LogP contribution in [0.5, 0.6) is 11.5 Å². The van der Waals surface area contributed by atoms with Gasteiger partial charge < -0.3 is 9.47 Å². The van der Waals surface area contributed by atoms with Crippen LogP contribution in [-0.4, -0.2) is 47.1 Å². The Labute approximate surface area is 242 Å². The summed E-state index contributed by atoms with van der Waals surface area (Å²) < 4.78 is 118. The molecule has 0 aliphatic carbocycles. The van der Waals surface area contributed by atoms with Crippen LogP contribution < -0.4 is 20.1 Å². The Hall–Kier alpha value is -4.13. The first-order chi connectivity index (χ1) is 19.9. The van der Waals surface area contributed by atoms with Crippen LogP contribution in [0.4, 0.5) is 49.1 Å². The number of rotatable bonds is 7. The molecule has 0 saturated carbocycles. The van der Waals surface area contributed by atoms with E-state index in [-0.39, 0.29) is 9.81 Å². The number of alkyl halides is 9. The average molecular weight is 660 g/mol. The van der Waals surface area contributed by atoms with Gasteiger partial charge in [-0.25, -0.2) is 0 Å². The average Bonchev–Trinajstić information content (AvgIpc) is 3.38. The molecule has 0 bridgehead atoms. The number of thioether (sulfide) groups is 2. The van der Waals surface area contributed by atoms with Crippen molar-refractivity contribution < 1.29 is 68.2 Å². The van der Waals surface area contributed by atoms with Crippen LogP contribution in [0, 0.1) is 0 Å². The summed E-state index contributed by atoms with van der Waals surface area (Å²) in [6.07, 6.45) is -17.0. The molecule has 0 radical (unpaired) electrons. The lowest BCUT2D eigenvalue weighted by Gasteiger charge is -2.20. The molecule has 0 atom stereocenters. The number of halogens is 9. The van der Waals surface area contributed by atoms with Gasteiger partial charge in [0, 0.05) is 0 Å². The van der Waals surface area contributed by atoms with Gasteiger partial charge in [-0.2, -0.15) is 39.5 Å². The normalized spacial score (nSPS) is 17.6. The fourth-order valence-electron chi connectivity index (χ4n) is 2.82. The standard InChI is InChI=1S/C12H6F5NO3S.C12H7F4NO3S/c13-11(14,15)12(16,17)21-7-3-1-6(2-4-7)5-8-9(19)18-10(20)22-8;13-10(14)12(15,16)20-7-3-1-6(2-4-7)5-8-9(18)17-11(19)21-8/h1-5H,(H,18,19,20);1-5,10H,(H,17,18,19). The van der Waals surface area contributed by atoms with E-state index in [2.05, 4.69) is 14.8 Å². The molecular weight excluding hydrogens is 647 g/mol. The number of imide groups is 2. The van der Waals surface area contributed by atoms with Crippen molar-refractivity contribution in [1.82, 2.24) is 10.6 Å². The van der Waals surface area contributed by atoms with Gasteiger partial charge in [0.25, 0.3) is 22.3 Å². The quantitative estimate of drug-likeness (QED) is 0.247. The minimum Gasteiger partial charge on any atom is -0.428 e. The fourth-order valence-corrected chi connectivity index (χ4v) is 4.18. The number of carbonyl (C=O) groups excluding carboxylic acids is 4. The summed E-state index contributed by atoms with van der Waals surface area (Å²) in [5.74, 6) is -2.31. The van der Waals surface area contributed by atoms with Gasteiger partial charge in [-0.3, -0.25) is 29.8 Å². The van der Waals surface area contributed by atoms with Crippen molar-refractivity contribution >= 4 is 58.0 Å². The largest absolute Gasteiger partial charge is 0.499 e. The molecule has 8 nitrogen and oxygen atoms in total. The second-order valence-corrected chi connectivity index (χ2v) is 9.95. The third-order valence-corrected chi connectivity index (χ3v) is 6.35. The van der Waals surface area contributed by atoms with E-state index in [4.69, 9.17) is 0 Å². The van der Waals surface area contributed by atoms with Crippen molar-refractivity contribution in [1.29, 1.82) is 0 Å². The highest BCUT2D eigenvalue weighted by Gasteiger charge is 2.61. The molecule has 2 aromatic rings. The summed E-state index contributed by atoms with van der Waals surface area (Å²) in [5.41, 5.74) is 0.755. The van der Waals surface area contributed by atoms with Gasteiger partial charge in [0.15, 0.2) is 0 Å². The van der Waals surface area contributed by atoms with Gasteiger partial charge in [-0.1, -0.05) is 24.3 Å². The molecule has 2 saturated heterocycles. The number of hydrogen-bond donors (Lipinski definition) is 2. The molecule has 2 aliphatic heterocycles. The minimum absolute atomic E-state index is 0.0827. The lowest BCUT2D eigenvalue weighted by atomic mass is 10.2. The van der Waals surface area contributed by atoms with Crippen molar-refractivity contribution in [2.24, 2.45) is 0 Å². The molecule has 4 amide bonds. The van der Waals surface area contributed by atoms with E-state index < -0.39 is 58.6 Å². The van der Waals surface area contributed by atoms with Crippen LogP contribution in [0.1, 0.15) is 11.1 Å². The zero-order chi connectivity index (χ0) is 32.2. The zero-order valence-corrected chi connectivity index (χ0v) is 22.2. The molecule has 19 heteroatoms. The summed E-state index contributed by atoms with van der Waals surface area (Å²) >= 11 is 1.35. The molecule has 4 rings (SSSR count). The van der Waals surface area contributed by atoms with Gasteiger partial charge in [0.2, 0.25) is 0 Å². The third-order valence-electron chi connectivity index (χ3n) is 4.72. The molecule has 230 valence electrons. The second kappa shape index (κ2) is 13.0. The van der Waals surface area contributed by atoms with E-state index in [1.165, 1.54) is 36.4 Å². The maximum absolute atomic E-state index is 12.7. The number of ether oxygens (including phenoxy) is 2. The minimum atomic E-state index is -5.83. The molecule has 2 aliphatic rings. The number of hydrogen-bond acceptors (Lipinski definition) is 8. The molecule has 0 spiro atoms. The Morgan fingerprint density at radius 3 is 1.30 bits per heavy atom. The van der Waals surface area contributed by atoms with Crippen LogP contribution >= 0.6 is 23.5 Å². The van der Waals surface area contributed by atoms with Crippen molar-refractivity contribution in [2.75, 3.05) is 0 Å². The molecule has 2 heterocycles. The molecule has 2 fully saturated rings. The molecular formula is C24H13F9N2O6S2. The van der Waals surface area contributed by atoms with E-state index in [1.807, 2.05) is 5.32 Å². The van der Waals surface area contributed by atoms with Crippen LogP contribution in [0.15, 0.2) is 58.3 Å². The van der Waals surface area contributed by atoms with Crippen molar-refractivity contribution in [2.45, 2.75) is 24.8 Å². The maximum Gasteiger partial charge on any atom is 0.499 e. The maximum atomic E-state index is 12.7. The number of benzene rings is 2. The van der Waals surface area contributed by atoms with E-state index in [9.17, 15) is 58.7 Å². The highest BCUT2D eigenvalue weighted by atomic mass is 32.2. The summed E-state index contributed by atoms with van der Waals surface area (Å²) in [5, 5.41) is 3.00. The van der Waals surface area contributed by atoms with Crippen molar-refractivity contribution in [3.63, 3.8) is 0 Å². The van der Waals surface area contributed by atoms with E-state index >= 15 is 0 Å². The zero-order valence-electron chi connectivity index (χ0n) is 20.5. The summed E-state index contributed by atoms with van der Waals surface area (Å²) in [4.78, 5) is 44.7. The van der Waals surface area contributed by atoms with Crippen LogP contribution in [-0.2, 0) is 9.59 Å². The number of amides is 4. The Morgan fingerprint density at radius 2 is 1.00 bits per heavy atom. The molecule has 2 aromatic carbocycles. The highest BCUT2D eigenvalue weighted by Crippen LogP contribution is 2.37. The van der Waals surface area contributed by atoms with Crippen molar-refractivity contribution in [3.8, 4) is 11.5 Å². The predicted octanol–water partition coefficient (Wildman–Crippen LogP) is 6.79. The fraction of sp³-hybridized carbons (Fsp3) is 0.167. The van der Waals surface area contributed by atoms with Crippen LogP contribution in [0.25, 0.3) is 12.2 Å². The molecule has 0 unspecified atom stereocenters. The van der Waals surface area contributed by atoms with Gasteiger partial charge in [0.1, 0.15) is 11.5 Å². The lowest BCUT2D eigenvalue weighted by molar-refractivity contribution is -0.360. The number of nitrogens with one attached hydrogen (secondary N) is 2. The summed E-state index contributed by atoms with van der Waals surface area (Å²) in [7, 11) is 0. The van der Waals surface area contributed by atoms with E-state index in [0.717, 1.165) is 24.3 Å². The Balaban J connectivity index is 0.000000236. The van der Waals surface area contributed by atoms with E-state index in [1.54, 1.807) is 0 Å². The molecule has 43 heavy (non-hydrogen) atoms. The summed E-state index contributed by atoms with van der Waals surface area (Å²) in [6.45, 7) is 0. The van der Waals surface area contributed by atoms with Gasteiger partial charge in [-0.15, -0.1) is 0 Å². The first kappa shape index (κ1) is 33.4.